The van der Waals surface area contributed by atoms with E-state index in [0.717, 1.165) is 22.6 Å². The molecular weight excluding hydrogens is 354 g/mol. The average Bonchev–Trinajstić information content (AvgIpc) is 2.74. The molecule has 0 bridgehead atoms. The fourth-order valence-electron chi connectivity index (χ4n) is 3.07. The molecule has 3 rings (SSSR count). The first-order chi connectivity index (χ1) is 13.7. The van der Waals surface area contributed by atoms with Crippen molar-refractivity contribution in [2.24, 2.45) is 0 Å². The van der Waals surface area contributed by atoms with Crippen LogP contribution in [-0.4, -0.2) is 31.8 Å². The lowest BCUT2D eigenvalue weighted by Crippen LogP contribution is -2.26. The van der Waals surface area contributed by atoms with Crippen LogP contribution in [0.2, 0.25) is 0 Å². The van der Waals surface area contributed by atoms with Gasteiger partial charge in [0, 0.05) is 6.54 Å². The van der Waals surface area contributed by atoms with Gasteiger partial charge in [-0.1, -0.05) is 42.5 Å². The Kier molecular flexibility index (Phi) is 6.17. The lowest BCUT2D eigenvalue weighted by molar-refractivity contribution is -0.115. The van der Waals surface area contributed by atoms with Crippen molar-refractivity contribution in [2.45, 2.75) is 6.42 Å². The van der Waals surface area contributed by atoms with Gasteiger partial charge in [-0.25, -0.2) is 0 Å². The predicted molar refractivity (Wildman–Crippen MR) is 111 cm³/mol. The summed E-state index contributed by atoms with van der Waals surface area (Å²) in [5.74, 6) is 0.994. The van der Waals surface area contributed by atoms with Gasteiger partial charge in [0.25, 0.3) is 5.91 Å². The van der Waals surface area contributed by atoms with E-state index in [1.807, 2.05) is 60.7 Å². The molecule has 28 heavy (non-hydrogen) atoms. The van der Waals surface area contributed by atoms with Crippen LogP contribution < -0.4 is 14.8 Å². The van der Waals surface area contributed by atoms with Crippen LogP contribution in [0.25, 0.3) is 16.3 Å². The molecule has 0 unspecified atom stereocenters. The average molecular weight is 377 g/mol. The third-order valence-electron chi connectivity index (χ3n) is 4.58. The second-order valence-electron chi connectivity index (χ2n) is 6.30. The van der Waals surface area contributed by atoms with Crippen molar-refractivity contribution in [1.82, 2.24) is 5.32 Å². The number of methoxy groups -OCH3 is 2. The number of carbonyl (C=O) groups excluding carboxylic acids is 1. The SMILES string of the molecule is COc1ccc(CCNC(=O)/C(=C\O)c2ccc3ccccc3c2)cc1OC. The van der Waals surface area contributed by atoms with Gasteiger partial charge >= 0.3 is 0 Å². The number of benzene rings is 3. The van der Waals surface area contributed by atoms with Crippen molar-refractivity contribution in [3.05, 3.63) is 78.1 Å². The molecule has 0 aliphatic heterocycles. The summed E-state index contributed by atoms with van der Waals surface area (Å²) in [5, 5.41) is 14.6. The lowest BCUT2D eigenvalue weighted by Gasteiger charge is -2.11. The summed E-state index contributed by atoms with van der Waals surface area (Å²) < 4.78 is 10.5. The first-order valence-corrected chi connectivity index (χ1v) is 8.99. The topological polar surface area (TPSA) is 67.8 Å². The van der Waals surface area contributed by atoms with Crippen LogP contribution in [0, 0.1) is 0 Å². The minimum absolute atomic E-state index is 0.234. The third kappa shape index (κ3) is 4.26. The molecule has 0 heterocycles. The second-order valence-corrected chi connectivity index (χ2v) is 6.30. The molecular formula is C23H23NO4. The summed E-state index contributed by atoms with van der Waals surface area (Å²) in [6.45, 7) is 0.430. The summed E-state index contributed by atoms with van der Waals surface area (Å²) in [6.07, 6.45) is 1.48. The van der Waals surface area contributed by atoms with Crippen LogP contribution >= 0.6 is 0 Å². The zero-order chi connectivity index (χ0) is 19.9. The maximum atomic E-state index is 12.5. The van der Waals surface area contributed by atoms with Crippen LogP contribution in [0.15, 0.2) is 66.9 Å². The van der Waals surface area contributed by atoms with E-state index in [4.69, 9.17) is 9.47 Å². The maximum absolute atomic E-state index is 12.5. The van der Waals surface area contributed by atoms with E-state index >= 15 is 0 Å². The molecule has 0 radical (unpaired) electrons. The van der Waals surface area contributed by atoms with E-state index in [1.165, 1.54) is 0 Å². The van der Waals surface area contributed by atoms with Crippen LogP contribution in [0.3, 0.4) is 0 Å². The largest absolute Gasteiger partial charge is 0.515 e. The molecule has 0 spiro atoms. The molecule has 0 atom stereocenters. The molecule has 3 aromatic carbocycles. The van der Waals surface area contributed by atoms with Crippen molar-refractivity contribution in [3.63, 3.8) is 0 Å². The Balaban J connectivity index is 1.66. The van der Waals surface area contributed by atoms with Crippen LogP contribution in [0.5, 0.6) is 11.5 Å². The lowest BCUT2D eigenvalue weighted by atomic mass is 10.0. The van der Waals surface area contributed by atoms with Crippen LogP contribution in [0.4, 0.5) is 0 Å². The highest BCUT2D eigenvalue weighted by molar-refractivity contribution is 6.19. The summed E-state index contributed by atoms with van der Waals surface area (Å²) in [4.78, 5) is 12.5. The van der Waals surface area contributed by atoms with Crippen LogP contribution in [-0.2, 0) is 11.2 Å². The van der Waals surface area contributed by atoms with Gasteiger partial charge in [-0.2, -0.15) is 0 Å². The van der Waals surface area contributed by atoms with Crippen molar-refractivity contribution in [2.75, 3.05) is 20.8 Å². The maximum Gasteiger partial charge on any atom is 0.255 e. The molecule has 2 N–H and O–H groups in total. The Labute approximate surface area is 164 Å². The molecule has 144 valence electrons. The van der Waals surface area contributed by atoms with Gasteiger partial charge < -0.3 is 19.9 Å². The number of aliphatic hydroxyl groups is 1. The smallest absolute Gasteiger partial charge is 0.255 e. The van der Waals surface area contributed by atoms with E-state index in [-0.39, 0.29) is 11.5 Å². The molecule has 0 saturated heterocycles. The van der Waals surface area contributed by atoms with Crippen molar-refractivity contribution >= 4 is 22.3 Å². The van der Waals surface area contributed by atoms with Gasteiger partial charge in [0.15, 0.2) is 11.5 Å². The number of amides is 1. The molecule has 5 nitrogen and oxygen atoms in total. The molecule has 0 fully saturated rings. The fraction of sp³-hybridized carbons (Fsp3) is 0.174. The molecule has 0 saturated carbocycles. The molecule has 0 aliphatic rings. The van der Waals surface area contributed by atoms with Gasteiger partial charge in [0.1, 0.15) is 0 Å². The third-order valence-corrected chi connectivity index (χ3v) is 4.58. The Morgan fingerprint density at radius 2 is 1.71 bits per heavy atom. The monoisotopic (exact) mass is 377 g/mol. The zero-order valence-corrected chi connectivity index (χ0v) is 15.9. The minimum Gasteiger partial charge on any atom is -0.515 e. The highest BCUT2D eigenvalue weighted by Crippen LogP contribution is 2.27. The first-order valence-electron chi connectivity index (χ1n) is 8.99. The number of rotatable bonds is 7. The van der Waals surface area contributed by atoms with Crippen molar-refractivity contribution in [1.29, 1.82) is 0 Å². The molecule has 0 aromatic heterocycles. The molecule has 1 amide bonds. The summed E-state index contributed by atoms with van der Waals surface area (Å²) in [5.41, 5.74) is 1.92. The number of hydrogen-bond donors (Lipinski definition) is 2. The number of hydrogen-bond acceptors (Lipinski definition) is 4. The summed E-state index contributed by atoms with van der Waals surface area (Å²) in [7, 11) is 3.18. The molecule has 3 aromatic rings. The van der Waals surface area contributed by atoms with E-state index in [0.29, 0.717) is 30.0 Å². The number of ether oxygens (including phenoxy) is 2. The highest BCUT2D eigenvalue weighted by atomic mass is 16.5. The van der Waals surface area contributed by atoms with Gasteiger partial charge in [0.05, 0.1) is 26.1 Å². The van der Waals surface area contributed by atoms with Gasteiger partial charge in [-0.05, 0) is 46.5 Å². The molecule has 0 aliphatic carbocycles. The van der Waals surface area contributed by atoms with E-state index in [9.17, 15) is 9.90 Å². The first kappa shape index (κ1) is 19.3. The van der Waals surface area contributed by atoms with Gasteiger partial charge in [-0.15, -0.1) is 0 Å². The number of nitrogens with one attached hydrogen (secondary N) is 1. The second kappa shape index (κ2) is 8.95. The van der Waals surface area contributed by atoms with E-state index in [1.54, 1.807) is 14.2 Å². The van der Waals surface area contributed by atoms with Gasteiger partial charge in [0.2, 0.25) is 0 Å². The fourth-order valence-corrected chi connectivity index (χ4v) is 3.07. The van der Waals surface area contributed by atoms with E-state index < -0.39 is 0 Å². The minimum atomic E-state index is -0.321. The summed E-state index contributed by atoms with van der Waals surface area (Å²) in [6, 6.07) is 19.2. The van der Waals surface area contributed by atoms with Crippen molar-refractivity contribution in [3.8, 4) is 11.5 Å². The Morgan fingerprint density at radius 1 is 0.964 bits per heavy atom. The summed E-state index contributed by atoms with van der Waals surface area (Å²) >= 11 is 0. The number of aliphatic hydroxyl groups excluding tert-OH is 1. The predicted octanol–water partition coefficient (Wildman–Crippen LogP) is 4.11. The molecule has 5 heteroatoms. The highest BCUT2D eigenvalue weighted by Gasteiger charge is 2.13. The standard InChI is InChI=1S/C23H23NO4/c1-27-21-10-7-16(13-22(21)28-2)11-12-24-23(26)20(15-25)19-9-8-17-5-3-4-6-18(17)14-19/h3-10,13-15,25H,11-12H2,1-2H3,(H,24,26)/b20-15-. The van der Waals surface area contributed by atoms with Gasteiger partial charge in [-0.3, -0.25) is 4.79 Å². The van der Waals surface area contributed by atoms with E-state index in [2.05, 4.69) is 5.32 Å². The van der Waals surface area contributed by atoms with Crippen molar-refractivity contribution < 1.29 is 19.4 Å². The Morgan fingerprint density at radius 3 is 2.43 bits per heavy atom. The number of fused-ring (bicyclic) bond motifs is 1. The Hall–Kier alpha value is -3.47. The normalized spacial score (nSPS) is 11.3. The van der Waals surface area contributed by atoms with Crippen LogP contribution in [0.1, 0.15) is 11.1 Å². The quantitative estimate of drug-likeness (QED) is 0.480. The zero-order valence-electron chi connectivity index (χ0n) is 15.9. The number of carbonyl (C=O) groups is 1. The Bertz CT molecular complexity index is 1010.